The summed E-state index contributed by atoms with van der Waals surface area (Å²) in [5, 5.41) is 5.90. The monoisotopic (exact) mass is 139 g/mol. The summed E-state index contributed by atoms with van der Waals surface area (Å²) < 4.78 is 0. The summed E-state index contributed by atoms with van der Waals surface area (Å²) >= 11 is 0. The highest BCUT2D eigenvalue weighted by atomic mass is 16.2. The molecule has 0 bridgehead atoms. The van der Waals surface area contributed by atoms with Crippen LogP contribution in [0.15, 0.2) is 0 Å². The minimum Gasteiger partial charge on any atom is -0.355 e. The predicted octanol–water partition coefficient (Wildman–Crippen LogP) is -0.354. The molecule has 1 radical (unpaired) electrons. The topological polar surface area (TPSA) is 41.1 Å². The van der Waals surface area contributed by atoms with Crippen molar-refractivity contribution in [3.8, 4) is 0 Å². The van der Waals surface area contributed by atoms with Gasteiger partial charge in [0, 0.05) is 13.1 Å². The van der Waals surface area contributed by atoms with Gasteiger partial charge in [0.05, 0.1) is 6.04 Å². The molecule has 2 heterocycles. The van der Waals surface area contributed by atoms with E-state index in [0.717, 1.165) is 19.4 Å². The molecule has 2 aliphatic rings. The fourth-order valence-electron chi connectivity index (χ4n) is 1.68. The first-order valence-electron chi connectivity index (χ1n) is 3.73. The van der Waals surface area contributed by atoms with Crippen LogP contribution in [0.4, 0.5) is 0 Å². The van der Waals surface area contributed by atoms with E-state index in [2.05, 4.69) is 10.6 Å². The normalized spacial score (nSPS) is 39.0. The van der Waals surface area contributed by atoms with Crippen LogP contribution in [0.3, 0.4) is 0 Å². The third-order valence-corrected chi connectivity index (χ3v) is 2.29. The van der Waals surface area contributed by atoms with Crippen LogP contribution in [0.25, 0.3) is 0 Å². The maximum absolute atomic E-state index is 11.1. The number of hydrogen-bond donors (Lipinski definition) is 2. The van der Waals surface area contributed by atoms with Crippen molar-refractivity contribution in [1.82, 2.24) is 10.6 Å². The first-order valence-corrected chi connectivity index (χ1v) is 3.73. The lowest BCUT2D eigenvalue weighted by Crippen LogP contribution is -2.48. The summed E-state index contributed by atoms with van der Waals surface area (Å²) in [7, 11) is 0. The molecule has 0 aromatic heterocycles. The second kappa shape index (κ2) is 2.23. The van der Waals surface area contributed by atoms with Gasteiger partial charge >= 0.3 is 0 Å². The van der Waals surface area contributed by atoms with E-state index in [-0.39, 0.29) is 11.9 Å². The van der Waals surface area contributed by atoms with Crippen molar-refractivity contribution in [2.45, 2.75) is 18.9 Å². The number of hydrogen-bond acceptors (Lipinski definition) is 2. The zero-order chi connectivity index (χ0) is 6.97. The van der Waals surface area contributed by atoms with Crippen molar-refractivity contribution in [1.29, 1.82) is 0 Å². The summed E-state index contributed by atoms with van der Waals surface area (Å²) in [6, 6.07) is 0.0775. The number of rotatable bonds is 0. The second-order valence-electron chi connectivity index (χ2n) is 2.92. The molecule has 2 saturated heterocycles. The van der Waals surface area contributed by atoms with E-state index in [0.29, 0.717) is 5.92 Å². The molecule has 0 aromatic rings. The van der Waals surface area contributed by atoms with Crippen molar-refractivity contribution in [2.24, 2.45) is 5.92 Å². The SMILES string of the molecule is O=C1NCCC2C[CH]NC12. The second-order valence-corrected chi connectivity index (χ2v) is 2.92. The van der Waals surface area contributed by atoms with Gasteiger partial charge in [0.25, 0.3) is 0 Å². The number of fused-ring (bicyclic) bond motifs is 1. The molecule has 2 N–H and O–H groups in total. The average molecular weight is 139 g/mol. The maximum Gasteiger partial charge on any atom is 0.237 e. The molecule has 2 atom stereocenters. The van der Waals surface area contributed by atoms with Crippen LogP contribution in [-0.4, -0.2) is 18.5 Å². The van der Waals surface area contributed by atoms with Crippen LogP contribution in [0, 0.1) is 12.5 Å². The summed E-state index contributed by atoms with van der Waals surface area (Å²) in [5.41, 5.74) is 0. The molecule has 55 valence electrons. The molecule has 2 fully saturated rings. The minimum atomic E-state index is 0.0775. The van der Waals surface area contributed by atoms with Gasteiger partial charge in [-0.05, 0) is 18.8 Å². The average Bonchev–Trinajstić information content (AvgIpc) is 2.36. The van der Waals surface area contributed by atoms with Crippen molar-refractivity contribution in [3.05, 3.63) is 6.54 Å². The van der Waals surface area contributed by atoms with E-state index in [9.17, 15) is 4.79 Å². The Morgan fingerprint density at radius 3 is 3.30 bits per heavy atom. The van der Waals surface area contributed by atoms with Gasteiger partial charge < -0.3 is 10.6 Å². The molecule has 10 heavy (non-hydrogen) atoms. The Bertz CT molecular complexity index is 158. The van der Waals surface area contributed by atoms with E-state index >= 15 is 0 Å². The number of amides is 1. The van der Waals surface area contributed by atoms with Crippen molar-refractivity contribution in [2.75, 3.05) is 6.54 Å². The highest BCUT2D eigenvalue weighted by Gasteiger charge is 2.35. The molecule has 0 saturated carbocycles. The number of carbonyl (C=O) groups is 1. The van der Waals surface area contributed by atoms with E-state index < -0.39 is 0 Å². The van der Waals surface area contributed by atoms with E-state index in [1.807, 2.05) is 6.54 Å². The third kappa shape index (κ3) is 0.814. The molecule has 2 unspecified atom stereocenters. The molecule has 0 aliphatic carbocycles. The molecule has 0 spiro atoms. The van der Waals surface area contributed by atoms with Gasteiger partial charge in [-0.3, -0.25) is 4.79 Å². The van der Waals surface area contributed by atoms with Crippen LogP contribution in [0.1, 0.15) is 12.8 Å². The molecule has 0 aromatic carbocycles. The van der Waals surface area contributed by atoms with Crippen molar-refractivity contribution >= 4 is 5.91 Å². The zero-order valence-corrected chi connectivity index (χ0v) is 5.76. The Morgan fingerprint density at radius 1 is 1.60 bits per heavy atom. The summed E-state index contributed by atoms with van der Waals surface area (Å²) in [6.45, 7) is 2.86. The molecular weight excluding hydrogens is 128 g/mol. The molecule has 2 aliphatic heterocycles. The van der Waals surface area contributed by atoms with Crippen molar-refractivity contribution < 1.29 is 4.79 Å². The van der Waals surface area contributed by atoms with Gasteiger partial charge in [-0.1, -0.05) is 0 Å². The summed E-state index contributed by atoms with van der Waals surface area (Å²) in [6.07, 6.45) is 2.18. The molecule has 3 heteroatoms. The van der Waals surface area contributed by atoms with Crippen molar-refractivity contribution in [3.63, 3.8) is 0 Å². The van der Waals surface area contributed by atoms with E-state index in [1.54, 1.807) is 0 Å². The lowest BCUT2D eigenvalue weighted by molar-refractivity contribution is -0.125. The number of piperidine rings is 1. The summed E-state index contributed by atoms with van der Waals surface area (Å²) in [5.74, 6) is 0.735. The quantitative estimate of drug-likeness (QED) is 0.481. The van der Waals surface area contributed by atoms with E-state index in [1.165, 1.54) is 0 Å². The van der Waals surface area contributed by atoms with Gasteiger partial charge in [-0.25, -0.2) is 0 Å². The van der Waals surface area contributed by atoms with Gasteiger partial charge in [-0.15, -0.1) is 0 Å². The van der Waals surface area contributed by atoms with Gasteiger partial charge in [-0.2, -0.15) is 0 Å². The fraction of sp³-hybridized carbons (Fsp3) is 0.714. The Morgan fingerprint density at radius 2 is 2.50 bits per heavy atom. The molecule has 2 rings (SSSR count). The summed E-state index contributed by atoms with van der Waals surface area (Å²) in [4.78, 5) is 11.1. The minimum absolute atomic E-state index is 0.0775. The lowest BCUT2D eigenvalue weighted by Gasteiger charge is -2.24. The smallest absolute Gasteiger partial charge is 0.237 e. The van der Waals surface area contributed by atoms with Gasteiger partial charge in [0.1, 0.15) is 0 Å². The van der Waals surface area contributed by atoms with Crippen LogP contribution in [-0.2, 0) is 4.79 Å². The van der Waals surface area contributed by atoms with Crippen LogP contribution in [0.5, 0.6) is 0 Å². The maximum atomic E-state index is 11.1. The Hall–Kier alpha value is -0.570. The number of nitrogens with one attached hydrogen (secondary N) is 2. The zero-order valence-electron chi connectivity index (χ0n) is 5.76. The molecule has 3 nitrogen and oxygen atoms in total. The van der Waals surface area contributed by atoms with E-state index in [4.69, 9.17) is 0 Å². The molecular formula is C7H11N2O. The lowest BCUT2D eigenvalue weighted by atomic mass is 9.93. The highest BCUT2D eigenvalue weighted by molar-refractivity contribution is 5.83. The predicted molar refractivity (Wildman–Crippen MR) is 37.0 cm³/mol. The Labute approximate surface area is 60.2 Å². The third-order valence-electron chi connectivity index (χ3n) is 2.29. The molecule has 1 amide bonds. The van der Waals surface area contributed by atoms with Gasteiger partial charge in [0.15, 0.2) is 0 Å². The standard InChI is InChI=1S/C7H11N2O/c10-7-6-5(1-3-8-6)2-4-9-7/h3,5-6,8H,1-2,4H2,(H,9,10). The highest BCUT2D eigenvalue weighted by Crippen LogP contribution is 2.23. The first kappa shape index (κ1) is 6.16. The largest absolute Gasteiger partial charge is 0.355 e. The fourth-order valence-corrected chi connectivity index (χ4v) is 1.68. The Balaban J connectivity index is 2.10. The van der Waals surface area contributed by atoms with Crippen LogP contribution in [0.2, 0.25) is 0 Å². The Kier molecular flexibility index (Phi) is 1.38. The van der Waals surface area contributed by atoms with Crippen LogP contribution >= 0.6 is 0 Å². The van der Waals surface area contributed by atoms with Crippen LogP contribution < -0.4 is 10.6 Å². The number of carbonyl (C=O) groups excluding carboxylic acids is 1. The first-order chi connectivity index (χ1) is 4.88. The van der Waals surface area contributed by atoms with Gasteiger partial charge in [0.2, 0.25) is 5.91 Å².